The molecule has 2 aromatic rings. The van der Waals surface area contributed by atoms with Crippen LogP contribution in [-0.4, -0.2) is 17.5 Å². The van der Waals surface area contributed by atoms with Crippen LogP contribution in [0.25, 0.3) is 11.1 Å². The van der Waals surface area contributed by atoms with Gasteiger partial charge in [0.2, 0.25) is 5.78 Å². The third-order valence-corrected chi connectivity index (χ3v) is 7.55. The van der Waals surface area contributed by atoms with E-state index in [1.807, 2.05) is 6.07 Å². The minimum absolute atomic E-state index is 0.0841. The molecule has 0 amide bonds. The summed E-state index contributed by atoms with van der Waals surface area (Å²) >= 11 is 0. The van der Waals surface area contributed by atoms with Gasteiger partial charge in [0.25, 0.3) is 0 Å². The van der Waals surface area contributed by atoms with Gasteiger partial charge >= 0.3 is 5.97 Å². The van der Waals surface area contributed by atoms with Crippen molar-refractivity contribution < 1.29 is 14.4 Å². The van der Waals surface area contributed by atoms with Gasteiger partial charge in [0.05, 0.1) is 0 Å². The van der Waals surface area contributed by atoms with E-state index in [-0.39, 0.29) is 11.2 Å². The lowest BCUT2D eigenvalue weighted by Crippen LogP contribution is -2.24. The van der Waals surface area contributed by atoms with Gasteiger partial charge in [0.1, 0.15) is 5.71 Å². The fourth-order valence-corrected chi connectivity index (χ4v) is 5.73. The van der Waals surface area contributed by atoms with Gasteiger partial charge < -0.3 is 4.84 Å². The Morgan fingerprint density at radius 2 is 1.69 bits per heavy atom. The number of hydrogen-bond donors (Lipinski definition) is 0. The lowest BCUT2D eigenvalue weighted by molar-refractivity contribution is -0.140. The van der Waals surface area contributed by atoms with Gasteiger partial charge in [-0.25, -0.2) is 4.79 Å². The molecule has 2 aromatic carbocycles. The summed E-state index contributed by atoms with van der Waals surface area (Å²) in [6, 6.07) is 14.6. The SMILES string of the molecule is CCC1(CC)c2ccccc2-c2ccc(C(=O)/C(CCC3CCCC3)=N/OC(C)=O)cc21. The predicted octanol–water partition coefficient (Wildman–Crippen LogP) is 6.85. The molecule has 2 aliphatic carbocycles. The van der Waals surface area contributed by atoms with Crippen molar-refractivity contribution in [3.8, 4) is 11.1 Å². The van der Waals surface area contributed by atoms with Crippen molar-refractivity contribution in [2.24, 2.45) is 11.1 Å². The average Bonchev–Trinajstić information content (AvgIpc) is 3.43. The van der Waals surface area contributed by atoms with E-state index in [4.69, 9.17) is 4.84 Å². The Bertz CT molecular complexity index is 1040. The van der Waals surface area contributed by atoms with Crippen LogP contribution in [0.15, 0.2) is 47.6 Å². The van der Waals surface area contributed by atoms with Crippen LogP contribution >= 0.6 is 0 Å². The third-order valence-electron chi connectivity index (χ3n) is 7.55. The van der Waals surface area contributed by atoms with Crippen molar-refractivity contribution >= 4 is 17.5 Å². The van der Waals surface area contributed by atoms with E-state index < -0.39 is 5.97 Å². The highest BCUT2D eigenvalue weighted by Crippen LogP contribution is 2.52. The second kappa shape index (κ2) is 9.40. The standard InChI is InChI=1S/C28H33NO3/c1-4-28(5-2)24-13-9-8-12-22(24)23-16-15-21(18-25(23)28)27(31)26(29-32-19(3)30)17-14-20-10-6-7-11-20/h8-9,12-13,15-16,18,20H,4-7,10-11,14,17H2,1-3H3/b29-26+. The first kappa shape index (κ1) is 22.4. The van der Waals surface area contributed by atoms with Gasteiger partial charge in [0, 0.05) is 17.9 Å². The van der Waals surface area contributed by atoms with Gasteiger partial charge in [-0.3, -0.25) is 4.79 Å². The molecule has 4 heteroatoms. The van der Waals surface area contributed by atoms with Crippen LogP contribution in [0.1, 0.15) is 93.6 Å². The van der Waals surface area contributed by atoms with Gasteiger partial charge in [-0.15, -0.1) is 0 Å². The van der Waals surface area contributed by atoms with E-state index >= 15 is 0 Å². The minimum Gasteiger partial charge on any atom is -0.318 e. The molecule has 4 nitrogen and oxygen atoms in total. The van der Waals surface area contributed by atoms with Crippen LogP contribution in [0.4, 0.5) is 0 Å². The summed E-state index contributed by atoms with van der Waals surface area (Å²) in [5.74, 6) is -0.00617. The topological polar surface area (TPSA) is 55.7 Å². The van der Waals surface area contributed by atoms with Crippen LogP contribution < -0.4 is 0 Å². The molecular weight excluding hydrogens is 398 g/mol. The van der Waals surface area contributed by atoms with E-state index in [1.54, 1.807) is 0 Å². The highest BCUT2D eigenvalue weighted by atomic mass is 16.7. The van der Waals surface area contributed by atoms with E-state index in [2.05, 4.69) is 55.4 Å². The number of rotatable bonds is 8. The van der Waals surface area contributed by atoms with Crippen molar-refractivity contribution in [2.45, 2.75) is 77.6 Å². The molecule has 0 N–H and O–H groups in total. The molecule has 0 unspecified atom stereocenters. The Labute approximate surface area is 191 Å². The number of Topliss-reactive ketones (excluding diaryl/α,β-unsaturated/α-hetero) is 1. The van der Waals surface area contributed by atoms with E-state index in [0.717, 1.165) is 19.3 Å². The fraction of sp³-hybridized carbons (Fsp3) is 0.464. The maximum Gasteiger partial charge on any atom is 0.331 e. The number of benzene rings is 2. The first-order valence-electron chi connectivity index (χ1n) is 12.0. The molecule has 32 heavy (non-hydrogen) atoms. The third kappa shape index (κ3) is 4.03. The summed E-state index contributed by atoms with van der Waals surface area (Å²) in [6.45, 7) is 5.75. The average molecular weight is 432 g/mol. The van der Waals surface area contributed by atoms with Crippen LogP contribution in [0, 0.1) is 5.92 Å². The molecule has 0 radical (unpaired) electrons. The molecule has 0 atom stereocenters. The van der Waals surface area contributed by atoms with Gasteiger partial charge in [-0.05, 0) is 59.9 Å². The first-order valence-corrected chi connectivity index (χ1v) is 12.0. The zero-order valence-electron chi connectivity index (χ0n) is 19.4. The second-order valence-electron chi connectivity index (χ2n) is 9.23. The zero-order valence-corrected chi connectivity index (χ0v) is 19.4. The number of nitrogens with zero attached hydrogens (tertiary/aromatic N) is 1. The summed E-state index contributed by atoms with van der Waals surface area (Å²) < 4.78 is 0. The number of carbonyl (C=O) groups excluding carboxylic acids is 2. The molecule has 0 saturated heterocycles. The van der Waals surface area contributed by atoms with E-state index in [9.17, 15) is 9.59 Å². The molecule has 168 valence electrons. The largest absolute Gasteiger partial charge is 0.331 e. The van der Waals surface area contributed by atoms with Crippen molar-refractivity contribution in [3.05, 3.63) is 59.2 Å². The Morgan fingerprint density at radius 3 is 2.38 bits per heavy atom. The molecule has 0 aliphatic heterocycles. The molecule has 0 aromatic heterocycles. The van der Waals surface area contributed by atoms with Crippen LogP contribution in [0.3, 0.4) is 0 Å². The molecule has 0 bridgehead atoms. The van der Waals surface area contributed by atoms with Crippen molar-refractivity contribution in [1.29, 1.82) is 0 Å². The maximum atomic E-state index is 13.5. The number of oxime groups is 1. The summed E-state index contributed by atoms with van der Waals surface area (Å²) in [6.07, 6.45) is 8.34. The van der Waals surface area contributed by atoms with Gasteiger partial charge in [-0.1, -0.05) is 81.1 Å². The molecule has 1 saturated carbocycles. The van der Waals surface area contributed by atoms with E-state index in [1.165, 1.54) is 54.9 Å². The maximum absolute atomic E-state index is 13.5. The van der Waals surface area contributed by atoms with Crippen molar-refractivity contribution in [3.63, 3.8) is 0 Å². The van der Waals surface area contributed by atoms with Crippen molar-refractivity contribution in [1.82, 2.24) is 0 Å². The second-order valence-corrected chi connectivity index (χ2v) is 9.23. The summed E-state index contributed by atoms with van der Waals surface area (Å²) in [7, 11) is 0. The van der Waals surface area contributed by atoms with Gasteiger partial charge in [0.15, 0.2) is 0 Å². The highest BCUT2D eigenvalue weighted by molar-refractivity contribution is 6.46. The first-order chi connectivity index (χ1) is 15.5. The number of ketones is 1. The Balaban J connectivity index is 1.68. The highest BCUT2D eigenvalue weighted by Gasteiger charge is 2.40. The molecule has 4 rings (SSSR count). The fourth-order valence-electron chi connectivity index (χ4n) is 5.73. The summed E-state index contributed by atoms with van der Waals surface area (Å²) in [4.78, 5) is 29.8. The van der Waals surface area contributed by atoms with Crippen molar-refractivity contribution in [2.75, 3.05) is 0 Å². The number of carbonyl (C=O) groups is 2. The van der Waals surface area contributed by atoms with E-state index in [0.29, 0.717) is 23.6 Å². The molecule has 0 heterocycles. The number of fused-ring (bicyclic) bond motifs is 3. The van der Waals surface area contributed by atoms with Gasteiger partial charge in [-0.2, -0.15) is 0 Å². The predicted molar refractivity (Wildman–Crippen MR) is 128 cm³/mol. The quantitative estimate of drug-likeness (QED) is 0.199. The van der Waals surface area contributed by atoms with Crippen LogP contribution in [-0.2, 0) is 15.0 Å². The summed E-state index contributed by atoms with van der Waals surface area (Å²) in [5.41, 5.74) is 5.93. The zero-order chi connectivity index (χ0) is 22.7. The lowest BCUT2D eigenvalue weighted by atomic mass is 9.73. The Kier molecular flexibility index (Phi) is 6.59. The number of hydrogen-bond acceptors (Lipinski definition) is 4. The smallest absolute Gasteiger partial charge is 0.318 e. The van der Waals surface area contributed by atoms with Crippen LogP contribution in [0.5, 0.6) is 0 Å². The Morgan fingerprint density at radius 1 is 1.00 bits per heavy atom. The molecule has 0 spiro atoms. The summed E-state index contributed by atoms with van der Waals surface area (Å²) in [5, 5.41) is 3.99. The normalized spacial score (nSPS) is 17.2. The minimum atomic E-state index is -0.503. The molecule has 2 aliphatic rings. The lowest BCUT2D eigenvalue weighted by Gasteiger charge is -2.29. The van der Waals surface area contributed by atoms with Crippen LogP contribution in [0.2, 0.25) is 0 Å². The monoisotopic (exact) mass is 431 g/mol. The molecule has 1 fully saturated rings. The Hall–Kier alpha value is -2.75. The molecular formula is C28H33NO3.